The molecule has 154 valence electrons. The fourth-order valence-corrected chi connectivity index (χ4v) is 7.98. The number of allylic oxidation sites excluding steroid dienone is 1. The third-order valence-corrected chi connectivity index (χ3v) is 9.52. The zero-order valence-electron chi connectivity index (χ0n) is 17.6. The quantitative estimate of drug-likeness (QED) is 0.381. The molecule has 5 rings (SSSR count). The molecule has 0 bridgehead atoms. The molecule has 0 amide bonds. The second kappa shape index (κ2) is 5.69. The van der Waals surface area contributed by atoms with Crippen LogP contribution in [0.2, 0.25) is 0 Å². The van der Waals surface area contributed by atoms with Gasteiger partial charge in [0.05, 0.1) is 13.2 Å². The van der Waals surface area contributed by atoms with Crippen molar-refractivity contribution in [3.63, 3.8) is 0 Å². The Balaban J connectivity index is 1.54. The molecule has 3 saturated carbocycles. The molecular formula is C23H33NO4. The zero-order valence-corrected chi connectivity index (χ0v) is 17.6. The van der Waals surface area contributed by atoms with Gasteiger partial charge in [0.1, 0.15) is 5.71 Å². The second-order valence-electron chi connectivity index (χ2n) is 10.8. The Hall–Kier alpha value is -1.20. The lowest BCUT2D eigenvalue weighted by Gasteiger charge is -2.62. The number of oxime groups is 1. The molecule has 5 atom stereocenters. The van der Waals surface area contributed by atoms with Gasteiger partial charge in [0.2, 0.25) is 0 Å². The van der Waals surface area contributed by atoms with Gasteiger partial charge in [-0.2, -0.15) is 0 Å². The van der Waals surface area contributed by atoms with Gasteiger partial charge in [0, 0.05) is 23.7 Å². The summed E-state index contributed by atoms with van der Waals surface area (Å²) in [5.74, 6) is 0.931. The molecule has 1 N–H and O–H groups in total. The molecule has 1 spiro atoms. The number of ether oxygens (including phenoxy) is 2. The van der Waals surface area contributed by atoms with E-state index in [0.717, 1.165) is 32.1 Å². The monoisotopic (exact) mass is 387 g/mol. The molecule has 5 nitrogen and oxygen atoms in total. The predicted molar refractivity (Wildman–Crippen MR) is 105 cm³/mol. The second-order valence-corrected chi connectivity index (χ2v) is 10.8. The van der Waals surface area contributed by atoms with Crippen molar-refractivity contribution in [3.8, 4) is 0 Å². The molecule has 0 radical (unpaired) electrons. The summed E-state index contributed by atoms with van der Waals surface area (Å²) in [6.45, 7) is 10.5. The third-order valence-electron chi connectivity index (χ3n) is 9.52. The Morgan fingerprint density at radius 1 is 1.04 bits per heavy atom. The minimum Gasteiger partial charge on any atom is -0.411 e. The molecule has 4 aliphatic carbocycles. The van der Waals surface area contributed by atoms with E-state index < -0.39 is 5.79 Å². The van der Waals surface area contributed by atoms with Crippen LogP contribution in [0, 0.1) is 34.0 Å². The first-order valence-electron chi connectivity index (χ1n) is 10.9. The van der Waals surface area contributed by atoms with E-state index in [1.165, 1.54) is 5.57 Å². The molecule has 5 heteroatoms. The topological polar surface area (TPSA) is 68.1 Å². The lowest BCUT2D eigenvalue weighted by molar-refractivity contribution is -0.246. The van der Waals surface area contributed by atoms with Gasteiger partial charge in [-0.05, 0) is 48.9 Å². The van der Waals surface area contributed by atoms with E-state index in [0.29, 0.717) is 37.2 Å². The van der Waals surface area contributed by atoms with Crippen molar-refractivity contribution in [2.45, 2.75) is 72.0 Å². The van der Waals surface area contributed by atoms with Crippen LogP contribution in [0.4, 0.5) is 0 Å². The van der Waals surface area contributed by atoms with Gasteiger partial charge < -0.3 is 14.7 Å². The number of nitrogens with zero attached hydrogens (tertiary/aromatic N) is 1. The van der Waals surface area contributed by atoms with Crippen LogP contribution < -0.4 is 0 Å². The van der Waals surface area contributed by atoms with Crippen molar-refractivity contribution in [1.82, 2.24) is 0 Å². The highest BCUT2D eigenvalue weighted by Gasteiger charge is 2.66. The summed E-state index contributed by atoms with van der Waals surface area (Å²) in [6, 6.07) is 0. The highest BCUT2D eigenvalue weighted by Crippen LogP contribution is 2.68. The standard InChI is InChI=1S/C23H33NO4/c1-20(2)18-6-5-14-15(21(18,3)9-10-23(20)27-11-12-28-23)7-8-22(4)16(14)13-17(24-26)19(22)25/h6,14-16,26H,5,7-13H2,1-4H3. The smallest absolute Gasteiger partial charge is 0.186 e. The van der Waals surface area contributed by atoms with Gasteiger partial charge in [-0.1, -0.05) is 44.5 Å². The number of fused-ring (bicyclic) bond motifs is 5. The first kappa shape index (κ1) is 18.8. The Kier molecular flexibility index (Phi) is 3.82. The normalized spacial score (nSPS) is 47.6. The van der Waals surface area contributed by atoms with E-state index in [2.05, 4.69) is 38.9 Å². The number of carbonyl (C=O) groups is 1. The van der Waals surface area contributed by atoms with Crippen LogP contribution in [-0.4, -0.2) is 35.7 Å². The van der Waals surface area contributed by atoms with Gasteiger partial charge in [-0.25, -0.2) is 0 Å². The van der Waals surface area contributed by atoms with Crippen molar-refractivity contribution >= 4 is 11.5 Å². The summed E-state index contributed by atoms with van der Waals surface area (Å²) in [5.41, 5.74) is 1.51. The summed E-state index contributed by atoms with van der Waals surface area (Å²) >= 11 is 0. The van der Waals surface area contributed by atoms with E-state index in [9.17, 15) is 10.0 Å². The Bertz CT molecular complexity index is 777. The first-order chi connectivity index (χ1) is 13.2. The van der Waals surface area contributed by atoms with Crippen molar-refractivity contribution in [2.75, 3.05) is 13.2 Å². The predicted octanol–water partition coefficient (Wildman–Crippen LogP) is 4.34. The van der Waals surface area contributed by atoms with Crippen molar-refractivity contribution in [2.24, 2.45) is 39.2 Å². The molecule has 4 fully saturated rings. The summed E-state index contributed by atoms with van der Waals surface area (Å²) < 4.78 is 12.4. The number of ketones is 1. The number of hydrogen-bond donors (Lipinski definition) is 1. The van der Waals surface area contributed by atoms with E-state index in [4.69, 9.17) is 9.47 Å². The molecule has 1 heterocycles. The van der Waals surface area contributed by atoms with E-state index in [1.807, 2.05) is 0 Å². The maximum Gasteiger partial charge on any atom is 0.186 e. The van der Waals surface area contributed by atoms with E-state index in [1.54, 1.807) is 0 Å². The maximum atomic E-state index is 12.9. The van der Waals surface area contributed by atoms with Crippen LogP contribution in [-0.2, 0) is 14.3 Å². The molecule has 0 aromatic carbocycles. The average molecular weight is 388 g/mol. The number of rotatable bonds is 0. The van der Waals surface area contributed by atoms with Gasteiger partial charge in [-0.3, -0.25) is 4.79 Å². The van der Waals surface area contributed by atoms with Gasteiger partial charge in [0.15, 0.2) is 11.6 Å². The molecular weight excluding hydrogens is 354 g/mol. The largest absolute Gasteiger partial charge is 0.411 e. The minimum absolute atomic E-state index is 0.0778. The van der Waals surface area contributed by atoms with Crippen LogP contribution in [0.3, 0.4) is 0 Å². The molecule has 0 aromatic rings. The van der Waals surface area contributed by atoms with Crippen molar-refractivity contribution < 1.29 is 19.5 Å². The van der Waals surface area contributed by atoms with E-state index in [-0.39, 0.29) is 27.9 Å². The number of Topliss-reactive ketones (excluding diaryl/α,β-unsaturated/α-hetero) is 1. The van der Waals surface area contributed by atoms with Crippen LogP contribution >= 0.6 is 0 Å². The Labute approximate surface area is 167 Å². The van der Waals surface area contributed by atoms with Crippen LogP contribution in [0.25, 0.3) is 0 Å². The first-order valence-corrected chi connectivity index (χ1v) is 10.9. The fourth-order valence-electron chi connectivity index (χ4n) is 7.98. The summed E-state index contributed by atoms with van der Waals surface area (Å²) in [6.07, 6.45) is 8.06. The van der Waals surface area contributed by atoms with Gasteiger partial charge in [-0.15, -0.1) is 0 Å². The third kappa shape index (κ3) is 2.05. The van der Waals surface area contributed by atoms with Crippen LogP contribution in [0.15, 0.2) is 16.8 Å². The van der Waals surface area contributed by atoms with Crippen LogP contribution in [0.5, 0.6) is 0 Å². The average Bonchev–Trinajstić information content (AvgIpc) is 3.24. The molecule has 5 unspecified atom stereocenters. The molecule has 5 aliphatic rings. The highest BCUT2D eigenvalue weighted by atomic mass is 16.7. The molecule has 0 aromatic heterocycles. The summed E-state index contributed by atoms with van der Waals surface area (Å²) in [7, 11) is 0. The Morgan fingerprint density at radius 2 is 1.75 bits per heavy atom. The fraction of sp³-hybridized carbons (Fsp3) is 0.826. The van der Waals surface area contributed by atoms with Gasteiger partial charge in [0.25, 0.3) is 0 Å². The molecule has 1 saturated heterocycles. The molecule has 28 heavy (non-hydrogen) atoms. The maximum absolute atomic E-state index is 12.9. The highest BCUT2D eigenvalue weighted by molar-refractivity contribution is 6.43. The summed E-state index contributed by atoms with van der Waals surface area (Å²) in [5, 5.41) is 12.7. The van der Waals surface area contributed by atoms with Crippen molar-refractivity contribution in [3.05, 3.63) is 11.6 Å². The lowest BCUT2D eigenvalue weighted by atomic mass is 9.44. The van der Waals surface area contributed by atoms with E-state index >= 15 is 0 Å². The van der Waals surface area contributed by atoms with Crippen molar-refractivity contribution in [1.29, 1.82) is 0 Å². The van der Waals surface area contributed by atoms with Gasteiger partial charge >= 0.3 is 0 Å². The lowest BCUT2D eigenvalue weighted by Crippen LogP contribution is -2.59. The van der Waals surface area contributed by atoms with Crippen LogP contribution in [0.1, 0.15) is 66.2 Å². The number of carbonyl (C=O) groups excluding carboxylic acids is 1. The molecule has 1 aliphatic heterocycles. The number of hydrogen-bond acceptors (Lipinski definition) is 5. The SMILES string of the molecule is CC12CCC3C(CC=C4C3(C)CCC3(OCCO3)C4(C)C)C1CC(=NO)C2=O. The zero-order chi connectivity index (χ0) is 19.9. The summed E-state index contributed by atoms with van der Waals surface area (Å²) in [4.78, 5) is 12.9. The Morgan fingerprint density at radius 3 is 2.43 bits per heavy atom. The minimum atomic E-state index is -0.478.